The number of anilines is 1. The molecule has 24 heavy (non-hydrogen) atoms. The molecule has 0 aliphatic heterocycles. The van der Waals surface area contributed by atoms with Crippen molar-refractivity contribution in [2.75, 3.05) is 5.32 Å². The van der Waals surface area contributed by atoms with Crippen LogP contribution in [0.25, 0.3) is 0 Å². The molecule has 0 saturated carbocycles. The Balaban J connectivity index is 2.09. The predicted molar refractivity (Wildman–Crippen MR) is 97.2 cm³/mol. The van der Waals surface area contributed by atoms with Crippen LogP contribution in [-0.2, 0) is 6.54 Å². The lowest BCUT2D eigenvalue weighted by molar-refractivity contribution is 0.246. The fourth-order valence-corrected chi connectivity index (χ4v) is 2.61. The van der Waals surface area contributed by atoms with Gasteiger partial charge in [-0.15, -0.1) is 0 Å². The van der Waals surface area contributed by atoms with Crippen molar-refractivity contribution >= 4 is 11.7 Å². The Morgan fingerprint density at radius 2 is 1.83 bits per heavy atom. The van der Waals surface area contributed by atoms with Gasteiger partial charge in [0.1, 0.15) is 0 Å². The van der Waals surface area contributed by atoms with Crippen molar-refractivity contribution in [3.05, 3.63) is 64.6 Å². The Labute approximate surface area is 142 Å². The third kappa shape index (κ3) is 4.98. The lowest BCUT2D eigenvalue weighted by atomic mass is 9.97. The number of benzene rings is 1. The molecule has 128 valence electrons. The first-order chi connectivity index (χ1) is 11.5. The number of nitrogens with one attached hydrogen (secondary N) is 2. The molecule has 0 saturated heterocycles. The van der Waals surface area contributed by atoms with E-state index in [1.807, 2.05) is 37.3 Å². The highest BCUT2D eigenvalue weighted by Crippen LogP contribution is 2.21. The average molecular weight is 327 g/mol. The van der Waals surface area contributed by atoms with E-state index in [9.17, 15) is 9.59 Å². The lowest BCUT2D eigenvalue weighted by Gasteiger charge is -2.21. The third-order valence-electron chi connectivity index (χ3n) is 3.80. The van der Waals surface area contributed by atoms with Gasteiger partial charge in [-0.25, -0.2) is 4.79 Å². The van der Waals surface area contributed by atoms with Crippen molar-refractivity contribution in [1.29, 1.82) is 0 Å². The van der Waals surface area contributed by atoms with Crippen molar-refractivity contribution in [2.45, 2.75) is 39.8 Å². The summed E-state index contributed by atoms with van der Waals surface area (Å²) >= 11 is 0. The first kappa shape index (κ1) is 17.8. The highest BCUT2D eigenvalue weighted by Gasteiger charge is 2.16. The fraction of sp³-hybridized carbons (Fsp3) is 0.368. The van der Waals surface area contributed by atoms with Gasteiger partial charge in [0.05, 0.1) is 11.7 Å². The van der Waals surface area contributed by atoms with Gasteiger partial charge in [-0.2, -0.15) is 0 Å². The summed E-state index contributed by atoms with van der Waals surface area (Å²) in [6.45, 7) is 6.72. The van der Waals surface area contributed by atoms with Gasteiger partial charge in [0.25, 0.3) is 5.56 Å². The summed E-state index contributed by atoms with van der Waals surface area (Å²) in [5, 5.41) is 5.84. The predicted octanol–water partition coefficient (Wildman–Crippen LogP) is 3.78. The fourth-order valence-electron chi connectivity index (χ4n) is 2.61. The van der Waals surface area contributed by atoms with Crippen LogP contribution in [0.15, 0.2) is 53.5 Å². The van der Waals surface area contributed by atoms with Crippen molar-refractivity contribution in [3.63, 3.8) is 0 Å². The maximum atomic E-state index is 12.4. The Hall–Kier alpha value is -2.56. The largest absolute Gasteiger partial charge is 0.331 e. The number of carbonyl (C=O) groups is 1. The molecule has 0 aliphatic rings. The van der Waals surface area contributed by atoms with Crippen LogP contribution in [0.4, 0.5) is 10.5 Å². The number of pyridine rings is 1. The molecule has 5 nitrogen and oxygen atoms in total. The normalized spacial score (nSPS) is 12.0. The first-order valence-corrected chi connectivity index (χ1v) is 8.32. The molecule has 0 bridgehead atoms. The number of amides is 2. The maximum Gasteiger partial charge on any atom is 0.319 e. The van der Waals surface area contributed by atoms with Crippen LogP contribution in [0, 0.1) is 5.92 Å². The molecule has 2 rings (SSSR count). The van der Waals surface area contributed by atoms with Crippen molar-refractivity contribution in [3.8, 4) is 0 Å². The Morgan fingerprint density at radius 1 is 1.12 bits per heavy atom. The molecule has 5 heteroatoms. The van der Waals surface area contributed by atoms with Crippen LogP contribution >= 0.6 is 0 Å². The van der Waals surface area contributed by atoms with Crippen molar-refractivity contribution < 1.29 is 4.79 Å². The van der Waals surface area contributed by atoms with Crippen LogP contribution in [0.5, 0.6) is 0 Å². The Morgan fingerprint density at radius 3 is 2.46 bits per heavy atom. The van der Waals surface area contributed by atoms with E-state index in [2.05, 4.69) is 24.5 Å². The van der Waals surface area contributed by atoms with E-state index < -0.39 is 0 Å². The quantitative estimate of drug-likeness (QED) is 0.848. The summed E-state index contributed by atoms with van der Waals surface area (Å²) in [5.74, 6) is 0.456. The topological polar surface area (TPSA) is 63.1 Å². The molecule has 2 amide bonds. The number of hydrogen-bond acceptors (Lipinski definition) is 2. The Kier molecular flexibility index (Phi) is 6.18. The van der Waals surface area contributed by atoms with Gasteiger partial charge in [0.15, 0.2) is 0 Å². The summed E-state index contributed by atoms with van der Waals surface area (Å²) in [7, 11) is 0. The number of urea groups is 1. The standard InChI is InChI=1S/C19H25N3O2/c1-4-22-13-16(10-11-18(22)23)20-19(24)21-17(12-14(2)3)15-8-6-5-7-9-15/h5-11,13-14,17H,4,12H2,1-3H3,(H2,20,21,24). The van der Waals surface area contributed by atoms with Gasteiger partial charge >= 0.3 is 6.03 Å². The highest BCUT2D eigenvalue weighted by molar-refractivity contribution is 5.89. The molecule has 2 N–H and O–H groups in total. The number of rotatable bonds is 6. The zero-order chi connectivity index (χ0) is 17.5. The first-order valence-electron chi connectivity index (χ1n) is 8.32. The molecular formula is C19H25N3O2. The summed E-state index contributed by atoms with van der Waals surface area (Å²) in [6, 6.07) is 12.7. The molecule has 1 aromatic carbocycles. The van der Waals surface area contributed by atoms with E-state index in [-0.39, 0.29) is 17.6 Å². The van der Waals surface area contributed by atoms with Crippen LogP contribution in [0.3, 0.4) is 0 Å². The van der Waals surface area contributed by atoms with Crippen molar-refractivity contribution in [2.24, 2.45) is 5.92 Å². The monoisotopic (exact) mass is 327 g/mol. The van der Waals surface area contributed by atoms with Gasteiger partial charge in [0.2, 0.25) is 0 Å². The molecule has 1 atom stereocenters. The van der Waals surface area contributed by atoms with Crippen LogP contribution in [0.2, 0.25) is 0 Å². The second kappa shape index (κ2) is 8.34. The highest BCUT2D eigenvalue weighted by atomic mass is 16.2. The zero-order valence-electron chi connectivity index (χ0n) is 14.5. The molecular weight excluding hydrogens is 302 g/mol. The van der Waals surface area contributed by atoms with E-state index in [4.69, 9.17) is 0 Å². The van der Waals surface area contributed by atoms with Crippen LogP contribution < -0.4 is 16.2 Å². The minimum Gasteiger partial charge on any atom is -0.331 e. The molecule has 0 radical (unpaired) electrons. The summed E-state index contributed by atoms with van der Waals surface area (Å²) in [6.07, 6.45) is 2.51. The minimum atomic E-state index is -0.272. The van der Waals surface area contributed by atoms with Crippen LogP contribution in [0.1, 0.15) is 38.8 Å². The minimum absolute atomic E-state index is 0.0525. The van der Waals surface area contributed by atoms with E-state index in [1.54, 1.807) is 16.8 Å². The number of hydrogen-bond donors (Lipinski definition) is 2. The number of carbonyl (C=O) groups excluding carboxylic acids is 1. The molecule has 2 aromatic rings. The molecule has 1 heterocycles. The average Bonchev–Trinajstić information content (AvgIpc) is 2.56. The second-order valence-electron chi connectivity index (χ2n) is 6.23. The van der Waals surface area contributed by atoms with Gasteiger partial charge in [-0.3, -0.25) is 4.79 Å². The SMILES string of the molecule is CCn1cc(NC(=O)NC(CC(C)C)c2ccccc2)ccc1=O. The van der Waals surface area contributed by atoms with E-state index >= 15 is 0 Å². The molecule has 1 aromatic heterocycles. The summed E-state index contributed by atoms with van der Waals surface area (Å²) in [5.41, 5.74) is 1.61. The number of nitrogens with zero attached hydrogens (tertiary/aromatic N) is 1. The Bertz CT molecular complexity index is 723. The van der Waals surface area contributed by atoms with Gasteiger partial charge in [-0.1, -0.05) is 44.2 Å². The van der Waals surface area contributed by atoms with E-state index in [1.165, 1.54) is 6.07 Å². The molecule has 0 aliphatic carbocycles. The molecule has 0 spiro atoms. The third-order valence-corrected chi connectivity index (χ3v) is 3.80. The van der Waals surface area contributed by atoms with Crippen LogP contribution in [-0.4, -0.2) is 10.6 Å². The summed E-state index contributed by atoms with van der Waals surface area (Å²) in [4.78, 5) is 24.0. The lowest BCUT2D eigenvalue weighted by Crippen LogP contribution is -2.33. The molecule has 1 unspecified atom stereocenters. The number of aryl methyl sites for hydroxylation is 1. The van der Waals surface area contributed by atoms with Gasteiger partial charge in [-0.05, 0) is 30.9 Å². The van der Waals surface area contributed by atoms with Gasteiger partial charge in [0, 0.05) is 18.8 Å². The van der Waals surface area contributed by atoms with E-state index in [0.29, 0.717) is 18.2 Å². The maximum absolute atomic E-state index is 12.4. The molecule has 0 fully saturated rings. The second-order valence-corrected chi connectivity index (χ2v) is 6.23. The number of aromatic nitrogens is 1. The smallest absolute Gasteiger partial charge is 0.319 e. The van der Waals surface area contributed by atoms with Crippen molar-refractivity contribution in [1.82, 2.24) is 9.88 Å². The van der Waals surface area contributed by atoms with Gasteiger partial charge < -0.3 is 15.2 Å². The van der Waals surface area contributed by atoms with E-state index in [0.717, 1.165) is 12.0 Å². The zero-order valence-corrected chi connectivity index (χ0v) is 14.5. The summed E-state index contributed by atoms with van der Waals surface area (Å²) < 4.78 is 1.55.